The van der Waals surface area contributed by atoms with Crippen molar-refractivity contribution in [1.82, 2.24) is 15.1 Å². The predicted octanol–water partition coefficient (Wildman–Crippen LogP) is 2.31. The van der Waals surface area contributed by atoms with Gasteiger partial charge in [0.25, 0.3) is 0 Å². The summed E-state index contributed by atoms with van der Waals surface area (Å²) in [4.78, 5) is 8.25. The number of nitrogens with zero attached hydrogens (tertiary/aromatic N) is 3. The molecule has 7 heteroatoms. The normalized spacial score (nSPS) is 12.2. The summed E-state index contributed by atoms with van der Waals surface area (Å²) in [6.45, 7) is 5.97. The lowest BCUT2D eigenvalue weighted by molar-refractivity contribution is 0.400. The maximum atomic E-state index is 6.03. The van der Waals surface area contributed by atoms with Crippen molar-refractivity contribution in [2.75, 3.05) is 16.4 Å². The summed E-state index contributed by atoms with van der Waals surface area (Å²) in [5.74, 6) is 2.41. The minimum atomic E-state index is 0.291. The largest absolute Gasteiger partial charge is 0.393 e. The van der Waals surface area contributed by atoms with E-state index in [1.807, 2.05) is 6.92 Å². The molecule has 4 N–H and O–H groups in total. The summed E-state index contributed by atoms with van der Waals surface area (Å²) >= 11 is 0. The molecule has 0 aromatic carbocycles. The van der Waals surface area contributed by atoms with Gasteiger partial charge in [-0.3, -0.25) is 0 Å². The molecular weight excluding hydrogens is 244 g/mol. The lowest BCUT2D eigenvalue weighted by atomic mass is 10.2. The van der Waals surface area contributed by atoms with E-state index in [0.29, 0.717) is 34.9 Å². The number of aryl methyl sites for hydroxylation is 1. The first-order chi connectivity index (χ1) is 9.10. The summed E-state index contributed by atoms with van der Waals surface area (Å²) in [6.07, 6.45) is 2.44. The number of rotatable bonds is 5. The van der Waals surface area contributed by atoms with Gasteiger partial charge < -0.3 is 20.9 Å². The second-order valence-electron chi connectivity index (χ2n) is 4.39. The van der Waals surface area contributed by atoms with Crippen LogP contribution < -0.4 is 16.4 Å². The molecular formula is C12H18N6O. The van der Waals surface area contributed by atoms with Crippen LogP contribution in [0.2, 0.25) is 0 Å². The van der Waals surface area contributed by atoms with Crippen molar-refractivity contribution in [3.05, 3.63) is 18.2 Å². The summed E-state index contributed by atoms with van der Waals surface area (Å²) < 4.78 is 4.98. The Morgan fingerprint density at radius 2 is 2.11 bits per heavy atom. The molecule has 0 amide bonds. The Hall–Kier alpha value is -2.31. The number of anilines is 4. The fourth-order valence-corrected chi connectivity index (χ4v) is 1.49. The molecule has 0 aliphatic rings. The first kappa shape index (κ1) is 13.1. The van der Waals surface area contributed by atoms with Gasteiger partial charge in [0, 0.05) is 12.1 Å². The Labute approximate surface area is 111 Å². The molecule has 0 bridgehead atoms. The van der Waals surface area contributed by atoms with Crippen LogP contribution in [0.15, 0.2) is 16.9 Å². The highest BCUT2D eigenvalue weighted by atomic mass is 16.5. The van der Waals surface area contributed by atoms with Gasteiger partial charge >= 0.3 is 0 Å². The Bertz CT molecular complexity index is 553. The summed E-state index contributed by atoms with van der Waals surface area (Å²) in [7, 11) is 0. The molecule has 1 atom stereocenters. The highest BCUT2D eigenvalue weighted by Gasteiger charge is 2.11. The molecule has 2 aromatic heterocycles. The van der Waals surface area contributed by atoms with Gasteiger partial charge in [-0.05, 0) is 20.3 Å². The van der Waals surface area contributed by atoms with Crippen LogP contribution in [-0.4, -0.2) is 21.2 Å². The zero-order valence-electron chi connectivity index (χ0n) is 11.3. The monoisotopic (exact) mass is 262 g/mol. The molecule has 0 fully saturated rings. The lowest BCUT2D eigenvalue weighted by Crippen LogP contribution is -2.16. The van der Waals surface area contributed by atoms with Gasteiger partial charge in [-0.15, -0.1) is 0 Å². The topological polar surface area (TPSA) is 102 Å². The highest BCUT2D eigenvalue weighted by molar-refractivity contribution is 5.76. The summed E-state index contributed by atoms with van der Waals surface area (Å²) in [5.41, 5.74) is 6.49. The molecule has 2 aromatic rings. The van der Waals surface area contributed by atoms with E-state index in [2.05, 4.69) is 39.6 Å². The molecule has 0 saturated carbocycles. The van der Waals surface area contributed by atoms with Crippen LogP contribution in [0.4, 0.5) is 23.1 Å². The predicted molar refractivity (Wildman–Crippen MR) is 74.3 cm³/mol. The molecule has 0 radical (unpaired) electrons. The van der Waals surface area contributed by atoms with Crippen molar-refractivity contribution in [2.24, 2.45) is 0 Å². The van der Waals surface area contributed by atoms with Gasteiger partial charge in [-0.2, -0.15) is 0 Å². The van der Waals surface area contributed by atoms with Crippen LogP contribution in [0.1, 0.15) is 26.0 Å². The fraction of sp³-hybridized carbons (Fsp3) is 0.417. The summed E-state index contributed by atoms with van der Waals surface area (Å²) in [6, 6.07) is 2.06. The molecule has 102 valence electrons. The number of hydrogen-bond acceptors (Lipinski definition) is 7. The van der Waals surface area contributed by atoms with Gasteiger partial charge in [-0.1, -0.05) is 12.1 Å². The van der Waals surface area contributed by atoms with Crippen molar-refractivity contribution in [2.45, 2.75) is 33.2 Å². The Morgan fingerprint density at radius 1 is 1.37 bits per heavy atom. The van der Waals surface area contributed by atoms with E-state index in [0.717, 1.165) is 6.42 Å². The molecule has 0 spiro atoms. The molecule has 0 aliphatic carbocycles. The number of nitrogens with two attached hydrogens (primary N) is 1. The third kappa shape index (κ3) is 3.12. The standard InChI is InChI=1S/C12H18N6O/c1-4-7(2)16-11-10(13)12(15-6-14-11)17-9-5-8(3)19-18-9/h5-7H,4,13H2,1-3H3,(H2,14,15,16,17,18). The molecule has 7 nitrogen and oxygen atoms in total. The molecule has 19 heavy (non-hydrogen) atoms. The highest BCUT2D eigenvalue weighted by Crippen LogP contribution is 2.26. The first-order valence-corrected chi connectivity index (χ1v) is 6.17. The second-order valence-corrected chi connectivity index (χ2v) is 4.39. The van der Waals surface area contributed by atoms with E-state index in [4.69, 9.17) is 10.3 Å². The van der Waals surface area contributed by atoms with Crippen molar-refractivity contribution >= 4 is 23.1 Å². The average Bonchev–Trinajstić information content (AvgIpc) is 2.79. The fourth-order valence-electron chi connectivity index (χ4n) is 1.49. The van der Waals surface area contributed by atoms with Gasteiger partial charge in [0.2, 0.25) is 0 Å². The van der Waals surface area contributed by atoms with E-state index in [1.165, 1.54) is 6.33 Å². The minimum Gasteiger partial charge on any atom is -0.393 e. The van der Waals surface area contributed by atoms with Gasteiger partial charge in [0.1, 0.15) is 17.8 Å². The molecule has 2 heterocycles. The molecule has 0 saturated heterocycles. The quantitative estimate of drug-likeness (QED) is 0.759. The van der Waals surface area contributed by atoms with Gasteiger partial charge in [0.15, 0.2) is 17.5 Å². The van der Waals surface area contributed by atoms with E-state index in [9.17, 15) is 0 Å². The van der Waals surface area contributed by atoms with Crippen LogP contribution in [0, 0.1) is 6.92 Å². The maximum Gasteiger partial charge on any atom is 0.175 e. The van der Waals surface area contributed by atoms with E-state index < -0.39 is 0 Å². The van der Waals surface area contributed by atoms with Crippen molar-refractivity contribution in [3.8, 4) is 0 Å². The third-order valence-electron chi connectivity index (χ3n) is 2.75. The Balaban J connectivity index is 2.19. The van der Waals surface area contributed by atoms with Crippen LogP contribution in [-0.2, 0) is 0 Å². The molecule has 1 unspecified atom stereocenters. The van der Waals surface area contributed by atoms with Gasteiger partial charge in [-0.25, -0.2) is 9.97 Å². The van der Waals surface area contributed by atoms with Crippen molar-refractivity contribution < 1.29 is 4.52 Å². The maximum absolute atomic E-state index is 6.03. The average molecular weight is 262 g/mol. The Kier molecular flexibility index (Phi) is 3.84. The zero-order valence-corrected chi connectivity index (χ0v) is 11.3. The van der Waals surface area contributed by atoms with Crippen LogP contribution in [0.5, 0.6) is 0 Å². The number of nitrogens with one attached hydrogen (secondary N) is 2. The zero-order chi connectivity index (χ0) is 13.8. The lowest BCUT2D eigenvalue weighted by Gasteiger charge is -2.15. The van der Waals surface area contributed by atoms with Crippen molar-refractivity contribution in [3.63, 3.8) is 0 Å². The smallest absolute Gasteiger partial charge is 0.175 e. The summed E-state index contributed by atoms with van der Waals surface area (Å²) in [5, 5.41) is 10.1. The number of aromatic nitrogens is 3. The van der Waals surface area contributed by atoms with Gasteiger partial charge in [0.05, 0.1) is 0 Å². The van der Waals surface area contributed by atoms with Crippen molar-refractivity contribution in [1.29, 1.82) is 0 Å². The first-order valence-electron chi connectivity index (χ1n) is 6.17. The number of hydrogen-bond donors (Lipinski definition) is 3. The molecule has 0 aliphatic heterocycles. The van der Waals surface area contributed by atoms with Crippen LogP contribution in [0.3, 0.4) is 0 Å². The Morgan fingerprint density at radius 3 is 2.74 bits per heavy atom. The van der Waals surface area contributed by atoms with Crippen LogP contribution >= 0.6 is 0 Å². The van der Waals surface area contributed by atoms with Crippen LogP contribution in [0.25, 0.3) is 0 Å². The SMILES string of the molecule is CCC(C)Nc1ncnc(Nc2cc(C)on2)c1N. The van der Waals surface area contributed by atoms with E-state index >= 15 is 0 Å². The molecule has 2 rings (SSSR count). The van der Waals surface area contributed by atoms with E-state index in [-0.39, 0.29) is 0 Å². The number of nitrogen functional groups attached to an aromatic ring is 1. The van der Waals surface area contributed by atoms with E-state index in [1.54, 1.807) is 6.07 Å². The second kappa shape index (κ2) is 5.55. The third-order valence-corrected chi connectivity index (χ3v) is 2.75. The minimum absolute atomic E-state index is 0.291.